The third-order valence-corrected chi connectivity index (χ3v) is 1.55. The van der Waals surface area contributed by atoms with Crippen LogP contribution in [0, 0.1) is 21.7 Å². The number of nitro groups is 1. The van der Waals surface area contributed by atoms with Gasteiger partial charge in [-0.3, -0.25) is 10.1 Å². The first kappa shape index (κ1) is 10.5. The summed E-state index contributed by atoms with van der Waals surface area (Å²) in [6.07, 6.45) is 0. The van der Waals surface area contributed by atoms with Gasteiger partial charge in [-0.15, -0.1) is 0 Å². The summed E-state index contributed by atoms with van der Waals surface area (Å²) in [4.78, 5) is 9.22. The second-order valence-electron chi connectivity index (χ2n) is 2.50. The Labute approximate surface area is 77.1 Å². The number of hydrogen-bond acceptors (Lipinski definition) is 4. The van der Waals surface area contributed by atoms with Crippen molar-refractivity contribution in [1.82, 2.24) is 5.48 Å². The molecule has 0 bridgehead atoms. The first-order valence-electron chi connectivity index (χ1n) is 3.55. The Morgan fingerprint density at radius 2 is 2.14 bits per heavy atom. The SMILES string of the molecule is O=[N+]([O-])c1cc(CNO)cc(F)c1F. The Morgan fingerprint density at radius 1 is 1.50 bits per heavy atom. The van der Waals surface area contributed by atoms with E-state index in [1.807, 2.05) is 0 Å². The Balaban J connectivity index is 3.21. The molecule has 0 heterocycles. The van der Waals surface area contributed by atoms with E-state index in [4.69, 9.17) is 5.21 Å². The number of benzene rings is 1. The number of nitrogens with one attached hydrogen (secondary N) is 1. The van der Waals surface area contributed by atoms with E-state index in [2.05, 4.69) is 0 Å². The van der Waals surface area contributed by atoms with Gasteiger partial charge in [-0.1, -0.05) is 0 Å². The minimum atomic E-state index is -1.50. The molecule has 14 heavy (non-hydrogen) atoms. The Kier molecular flexibility index (Phi) is 3.05. The molecule has 0 aliphatic heterocycles. The molecule has 0 aromatic heterocycles. The lowest BCUT2D eigenvalue weighted by Gasteiger charge is -2.01. The third kappa shape index (κ3) is 2.01. The van der Waals surface area contributed by atoms with Crippen LogP contribution in [0.15, 0.2) is 12.1 Å². The largest absolute Gasteiger partial charge is 0.316 e. The smallest absolute Gasteiger partial charge is 0.308 e. The highest BCUT2D eigenvalue weighted by atomic mass is 19.2. The van der Waals surface area contributed by atoms with Gasteiger partial charge in [0, 0.05) is 12.6 Å². The zero-order chi connectivity index (χ0) is 10.7. The van der Waals surface area contributed by atoms with Crippen LogP contribution in [0.1, 0.15) is 5.56 Å². The van der Waals surface area contributed by atoms with E-state index < -0.39 is 22.2 Å². The second-order valence-corrected chi connectivity index (χ2v) is 2.50. The van der Waals surface area contributed by atoms with Crippen LogP contribution in [0.4, 0.5) is 14.5 Å². The Bertz CT molecular complexity index is 370. The van der Waals surface area contributed by atoms with Gasteiger partial charge in [0.1, 0.15) is 0 Å². The van der Waals surface area contributed by atoms with Crippen LogP contribution in [0.2, 0.25) is 0 Å². The fourth-order valence-corrected chi connectivity index (χ4v) is 0.955. The molecule has 7 heteroatoms. The number of hydrogen-bond donors (Lipinski definition) is 2. The van der Waals surface area contributed by atoms with Crippen molar-refractivity contribution < 1.29 is 18.9 Å². The molecule has 0 saturated carbocycles. The van der Waals surface area contributed by atoms with Crippen LogP contribution >= 0.6 is 0 Å². The van der Waals surface area contributed by atoms with E-state index in [0.29, 0.717) is 0 Å². The minimum Gasteiger partial charge on any atom is -0.316 e. The zero-order valence-electron chi connectivity index (χ0n) is 6.83. The van der Waals surface area contributed by atoms with Crippen LogP contribution in [0.3, 0.4) is 0 Å². The van der Waals surface area contributed by atoms with E-state index >= 15 is 0 Å². The molecule has 0 fully saturated rings. The molecule has 5 nitrogen and oxygen atoms in total. The molecule has 2 N–H and O–H groups in total. The molecule has 76 valence electrons. The summed E-state index contributed by atoms with van der Waals surface area (Å²) in [5.41, 5.74) is 0.818. The number of halogens is 2. The summed E-state index contributed by atoms with van der Waals surface area (Å²) >= 11 is 0. The molecular weight excluding hydrogens is 198 g/mol. The Hall–Kier alpha value is -1.60. The molecule has 1 aromatic rings. The molecule has 0 aliphatic rings. The van der Waals surface area contributed by atoms with E-state index in [1.54, 1.807) is 5.48 Å². The molecule has 1 aromatic carbocycles. The predicted octanol–water partition coefficient (Wildman–Crippen LogP) is 1.35. The van der Waals surface area contributed by atoms with Gasteiger partial charge < -0.3 is 5.21 Å². The van der Waals surface area contributed by atoms with Gasteiger partial charge in [-0.05, 0) is 11.6 Å². The van der Waals surface area contributed by atoms with Crippen molar-refractivity contribution >= 4 is 5.69 Å². The zero-order valence-corrected chi connectivity index (χ0v) is 6.83. The van der Waals surface area contributed by atoms with Gasteiger partial charge in [0.25, 0.3) is 0 Å². The average molecular weight is 204 g/mol. The molecule has 0 unspecified atom stereocenters. The third-order valence-electron chi connectivity index (χ3n) is 1.55. The van der Waals surface area contributed by atoms with Crippen LogP contribution in [-0.2, 0) is 6.54 Å². The van der Waals surface area contributed by atoms with Crippen molar-refractivity contribution in [3.63, 3.8) is 0 Å². The topological polar surface area (TPSA) is 75.4 Å². The summed E-state index contributed by atoms with van der Waals surface area (Å²) in [5.74, 6) is -2.82. The quantitative estimate of drug-likeness (QED) is 0.575. The van der Waals surface area contributed by atoms with Gasteiger partial charge >= 0.3 is 5.69 Å². The lowest BCUT2D eigenvalue weighted by molar-refractivity contribution is -0.387. The standard InChI is InChI=1S/C7H6F2N2O3/c8-5-1-4(3-10-12)2-6(7(5)9)11(13)14/h1-2,10,12H,3H2. The average Bonchev–Trinajstić information content (AvgIpc) is 2.11. The summed E-state index contributed by atoms with van der Waals surface area (Å²) in [6, 6.07) is 1.62. The van der Waals surface area contributed by atoms with Gasteiger partial charge in [0.2, 0.25) is 5.82 Å². The van der Waals surface area contributed by atoms with Crippen molar-refractivity contribution in [2.24, 2.45) is 0 Å². The number of nitrogens with zero attached hydrogens (tertiary/aromatic N) is 1. The fourth-order valence-electron chi connectivity index (χ4n) is 0.955. The lowest BCUT2D eigenvalue weighted by Crippen LogP contribution is -2.08. The van der Waals surface area contributed by atoms with Crippen molar-refractivity contribution in [1.29, 1.82) is 0 Å². The van der Waals surface area contributed by atoms with E-state index in [0.717, 1.165) is 12.1 Å². The van der Waals surface area contributed by atoms with Gasteiger partial charge in [-0.25, -0.2) is 9.87 Å². The van der Waals surface area contributed by atoms with Crippen LogP contribution < -0.4 is 5.48 Å². The van der Waals surface area contributed by atoms with Crippen molar-refractivity contribution in [3.8, 4) is 0 Å². The van der Waals surface area contributed by atoms with Crippen LogP contribution in [0.5, 0.6) is 0 Å². The molecule has 0 amide bonds. The number of nitro benzene ring substituents is 1. The molecule has 0 spiro atoms. The minimum absolute atomic E-state index is 0.0816. The summed E-state index contributed by atoms with van der Waals surface area (Å²) in [7, 11) is 0. The predicted molar refractivity (Wildman–Crippen MR) is 41.6 cm³/mol. The van der Waals surface area contributed by atoms with Crippen LogP contribution in [0.25, 0.3) is 0 Å². The summed E-state index contributed by atoms with van der Waals surface area (Å²) < 4.78 is 25.5. The second kappa shape index (κ2) is 4.07. The summed E-state index contributed by atoms with van der Waals surface area (Å²) in [5, 5.41) is 18.5. The monoisotopic (exact) mass is 204 g/mol. The van der Waals surface area contributed by atoms with Crippen LogP contribution in [-0.4, -0.2) is 10.1 Å². The van der Waals surface area contributed by atoms with E-state index in [-0.39, 0.29) is 12.1 Å². The van der Waals surface area contributed by atoms with Gasteiger partial charge in [-0.2, -0.15) is 4.39 Å². The Morgan fingerprint density at radius 3 is 2.64 bits per heavy atom. The maximum absolute atomic E-state index is 12.8. The van der Waals surface area contributed by atoms with E-state index in [1.165, 1.54) is 0 Å². The first-order valence-corrected chi connectivity index (χ1v) is 3.55. The highest BCUT2D eigenvalue weighted by Gasteiger charge is 2.19. The van der Waals surface area contributed by atoms with Gasteiger partial charge in [0.05, 0.1) is 4.92 Å². The fraction of sp³-hybridized carbons (Fsp3) is 0.143. The molecular formula is C7H6F2N2O3. The maximum Gasteiger partial charge on any atom is 0.308 e. The normalized spacial score (nSPS) is 10.2. The highest BCUT2D eigenvalue weighted by Crippen LogP contribution is 2.21. The summed E-state index contributed by atoms with van der Waals surface area (Å²) in [6.45, 7) is -0.196. The van der Waals surface area contributed by atoms with Crippen molar-refractivity contribution in [2.45, 2.75) is 6.54 Å². The van der Waals surface area contributed by atoms with Crippen molar-refractivity contribution in [2.75, 3.05) is 0 Å². The lowest BCUT2D eigenvalue weighted by atomic mass is 10.2. The molecule has 1 rings (SSSR count). The first-order chi connectivity index (χ1) is 6.56. The molecule has 0 radical (unpaired) electrons. The highest BCUT2D eigenvalue weighted by molar-refractivity contribution is 5.37. The van der Waals surface area contributed by atoms with Crippen molar-refractivity contribution in [3.05, 3.63) is 39.4 Å². The molecule has 0 saturated heterocycles. The molecule has 0 aliphatic carbocycles. The number of hydroxylamine groups is 1. The van der Waals surface area contributed by atoms with Gasteiger partial charge in [0.15, 0.2) is 5.82 Å². The number of rotatable bonds is 3. The maximum atomic E-state index is 12.8. The molecule has 0 atom stereocenters. The van der Waals surface area contributed by atoms with E-state index in [9.17, 15) is 18.9 Å².